The Morgan fingerprint density at radius 3 is 2.70 bits per heavy atom. The van der Waals surface area contributed by atoms with E-state index in [1.807, 2.05) is 12.1 Å². The minimum Gasteiger partial charge on any atom is -0.354 e. The third-order valence-electron chi connectivity index (χ3n) is 2.97. The molecule has 0 saturated heterocycles. The fourth-order valence-corrected chi connectivity index (χ4v) is 1.75. The molecule has 2 rings (SSSR count). The number of urea groups is 1. The maximum atomic E-state index is 11.8. The van der Waals surface area contributed by atoms with Gasteiger partial charge in [0.25, 0.3) is 0 Å². The molecule has 0 atom stereocenters. The van der Waals surface area contributed by atoms with Crippen LogP contribution in [-0.2, 0) is 17.8 Å². The highest BCUT2D eigenvalue weighted by Gasteiger charge is 2.09. The molecule has 0 aliphatic rings. The van der Waals surface area contributed by atoms with E-state index >= 15 is 0 Å². The van der Waals surface area contributed by atoms with Gasteiger partial charge in [0.1, 0.15) is 6.54 Å². The number of hydrogen-bond donors (Lipinski definition) is 2. The lowest BCUT2D eigenvalue weighted by Crippen LogP contribution is -2.29. The van der Waals surface area contributed by atoms with Crippen LogP contribution in [-0.4, -0.2) is 57.5 Å². The Morgan fingerprint density at radius 1 is 1.26 bits per heavy atom. The predicted molar refractivity (Wildman–Crippen MR) is 83.7 cm³/mol. The van der Waals surface area contributed by atoms with E-state index in [0.29, 0.717) is 12.4 Å². The summed E-state index contributed by atoms with van der Waals surface area (Å²) in [5, 5.41) is 12.9. The molecule has 9 nitrogen and oxygen atoms in total. The first-order valence-corrected chi connectivity index (χ1v) is 7.08. The molecule has 23 heavy (non-hydrogen) atoms. The Bertz CT molecular complexity index is 654. The van der Waals surface area contributed by atoms with Gasteiger partial charge in [0.05, 0.1) is 6.20 Å². The molecule has 0 saturated carbocycles. The van der Waals surface area contributed by atoms with Crippen LogP contribution in [0, 0.1) is 0 Å². The van der Waals surface area contributed by atoms with Gasteiger partial charge in [-0.3, -0.25) is 15.1 Å². The maximum Gasteiger partial charge on any atom is 0.322 e. The maximum absolute atomic E-state index is 11.8. The summed E-state index contributed by atoms with van der Waals surface area (Å²) in [5.41, 5.74) is 1.11. The van der Waals surface area contributed by atoms with Crippen LogP contribution in [0.3, 0.4) is 0 Å². The number of hydrogen-bond acceptors (Lipinski definition) is 5. The SMILES string of the molecule is CN(C)C(=O)Nc1cn(CC(=O)NCCc2ccncc2)nn1. The first-order chi connectivity index (χ1) is 11.0. The van der Waals surface area contributed by atoms with Crippen LogP contribution in [0.15, 0.2) is 30.7 Å². The van der Waals surface area contributed by atoms with E-state index < -0.39 is 0 Å². The lowest BCUT2D eigenvalue weighted by Gasteiger charge is -2.09. The minimum atomic E-state index is -0.307. The summed E-state index contributed by atoms with van der Waals surface area (Å²) in [6.45, 7) is 0.572. The van der Waals surface area contributed by atoms with Gasteiger partial charge in [0.2, 0.25) is 5.91 Å². The molecule has 2 N–H and O–H groups in total. The summed E-state index contributed by atoms with van der Waals surface area (Å²) in [5.74, 6) is 0.128. The molecular formula is C14H19N7O2. The fourth-order valence-electron chi connectivity index (χ4n) is 1.75. The number of amides is 3. The van der Waals surface area contributed by atoms with Crippen molar-refractivity contribution in [1.82, 2.24) is 30.2 Å². The second kappa shape index (κ2) is 7.87. The number of anilines is 1. The topological polar surface area (TPSA) is 105 Å². The molecule has 122 valence electrons. The van der Waals surface area contributed by atoms with Crippen molar-refractivity contribution in [2.24, 2.45) is 0 Å². The Hall–Kier alpha value is -2.97. The van der Waals surface area contributed by atoms with Gasteiger partial charge in [0.15, 0.2) is 5.82 Å². The van der Waals surface area contributed by atoms with E-state index in [2.05, 4.69) is 25.9 Å². The molecule has 0 aliphatic carbocycles. The Morgan fingerprint density at radius 2 is 2.00 bits per heavy atom. The normalized spacial score (nSPS) is 10.2. The van der Waals surface area contributed by atoms with Crippen molar-refractivity contribution in [1.29, 1.82) is 0 Å². The van der Waals surface area contributed by atoms with E-state index in [1.165, 1.54) is 15.8 Å². The van der Waals surface area contributed by atoms with Gasteiger partial charge in [0, 0.05) is 33.0 Å². The van der Waals surface area contributed by atoms with Gasteiger partial charge in [-0.15, -0.1) is 5.10 Å². The molecule has 0 bridgehead atoms. The molecule has 0 fully saturated rings. The summed E-state index contributed by atoms with van der Waals surface area (Å²) in [7, 11) is 3.24. The molecule has 3 amide bonds. The van der Waals surface area contributed by atoms with Crippen LogP contribution in [0.1, 0.15) is 5.56 Å². The highest BCUT2D eigenvalue weighted by atomic mass is 16.2. The van der Waals surface area contributed by atoms with Gasteiger partial charge >= 0.3 is 6.03 Å². The molecular weight excluding hydrogens is 298 g/mol. The van der Waals surface area contributed by atoms with E-state index in [-0.39, 0.29) is 18.5 Å². The van der Waals surface area contributed by atoms with Gasteiger partial charge in [-0.25, -0.2) is 9.48 Å². The number of nitrogens with zero attached hydrogens (tertiary/aromatic N) is 5. The molecule has 2 aromatic rings. The summed E-state index contributed by atoms with van der Waals surface area (Å²) in [6.07, 6.45) is 5.67. The third-order valence-corrected chi connectivity index (χ3v) is 2.97. The Labute approximate surface area is 133 Å². The number of carbonyl (C=O) groups is 2. The second-order valence-corrected chi connectivity index (χ2v) is 5.08. The number of nitrogens with one attached hydrogen (secondary N) is 2. The average Bonchev–Trinajstić information content (AvgIpc) is 2.95. The Kier molecular flexibility index (Phi) is 5.61. The van der Waals surface area contributed by atoms with Gasteiger partial charge in [-0.05, 0) is 24.1 Å². The molecule has 0 radical (unpaired) electrons. The van der Waals surface area contributed by atoms with Crippen LogP contribution in [0.2, 0.25) is 0 Å². The van der Waals surface area contributed by atoms with Crippen LogP contribution in [0.4, 0.5) is 10.6 Å². The van der Waals surface area contributed by atoms with Crippen molar-refractivity contribution in [3.05, 3.63) is 36.3 Å². The van der Waals surface area contributed by atoms with Crippen LogP contribution in [0.5, 0.6) is 0 Å². The molecule has 0 aromatic carbocycles. The molecule has 0 aliphatic heterocycles. The number of carbonyl (C=O) groups excluding carboxylic acids is 2. The van der Waals surface area contributed by atoms with E-state index in [0.717, 1.165) is 12.0 Å². The van der Waals surface area contributed by atoms with Crippen LogP contribution in [0.25, 0.3) is 0 Å². The second-order valence-electron chi connectivity index (χ2n) is 5.08. The Balaban J connectivity index is 1.75. The van der Waals surface area contributed by atoms with Gasteiger partial charge in [-0.2, -0.15) is 0 Å². The lowest BCUT2D eigenvalue weighted by molar-refractivity contribution is -0.121. The molecule has 2 heterocycles. The van der Waals surface area contributed by atoms with E-state index in [4.69, 9.17) is 0 Å². The first-order valence-electron chi connectivity index (χ1n) is 7.08. The van der Waals surface area contributed by atoms with Crippen molar-refractivity contribution in [3.63, 3.8) is 0 Å². The minimum absolute atomic E-state index is 0.0428. The van der Waals surface area contributed by atoms with E-state index in [1.54, 1.807) is 26.5 Å². The summed E-state index contributed by atoms with van der Waals surface area (Å²) in [4.78, 5) is 28.6. The fraction of sp³-hybridized carbons (Fsp3) is 0.357. The zero-order chi connectivity index (χ0) is 16.7. The zero-order valence-electron chi connectivity index (χ0n) is 13.1. The first kappa shape index (κ1) is 16.4. The molecule has 2 aromatic heterocycles. The van der Waals surface area contributed by atoms with Gasteiger partial charge < -0.3 is 10.2 Å². The highest BCUT2D eigenvalue weighted by molar-refractivity contribution is 5.87. The molecule has 0 unspecified atom stereocenters. The highest BCUT2D eigenvalue weighted by Crippen LogP contribution is 2.01. The summed E-state index contributed by atoms with van der Waals surface area (Å²) < 4.78 is 1.37. The molecule has 9 heteroatoms. The van der Waals surface area contributed by atoms with Crippen LogP contribution >= 0.6 is 0 Å². The van der Waals surface area contributed by atoms with Crippen molar-refractivity contribution >= 4 is 17.8 Å². The molecule has 0 spiro atoms. The van der Waals surface area contributed by atoms with E-state index in [9.17, 15) is 9.59 Å². The standard InChI is InChI=1S/C14H19N7O2/c1-20(2)14(23)17-12-9-21(19-18-12)10-13(22)16-8-5-11-3-6-15-7-4-11/h3-4,6-7,9H,5,8,10H2,1-2H3,(H,16,22)(H,17,23). The number of rotatable bonds is 6. The smallest absolute Gasteiger partial charge is 0.322 e. The summed E-state index contributed by atoms with van der Waals surface area (Å²) in [6, 6.07) is 3.51. The van der Waals surface area contributed by atoms with Crippen molar-refractivity contribution in [3.8, 4) is 0 Å². The largest absolute Gasteiger partial charge is 0.354 e. The monoisotopic (exact) mass is 317 g/mol. The van der Waals surface area contributed by atoms with Gasteiger partial charge in [-0.1, -0.05) is 5.21 Å². The zero-order valence-corrected chi connectivity index (χ0v) is 13.1. The van der Waals surface area contributed by atoms with Crippen molar-refractivity contribution in [2.75, 3.05) is 26.0 Å². The summed E-state index contributed by atoms with van der Waals surface area (Å²) >= 11 is 0. The average molecular weight is 317 g/mol. The third kappa shape index (κ3) is 5.38. The predicted octanol–water partition coefficient (Wildman–Crippen LogP) is 0.126. The van der Waals surface area contributed by atoms with Crippen molar-refractivity contribution < 1.29 is 9.59 Å². The number of pyridine rings is 1. The number of aromatic nitrogens is 4. The quantitative estimate of drug-likeness (QED) is 0.787. The lowest BCUT2D eigenvalue weighted by atomic mass is 10.2. The van der Waals surface area contributed by atoms with Crippen molar-refractivity contribution in [2.45, 2.75) is 13.0 Å². The van der Waals surface area contributed by atoms with Crippen LogP contribution < -0.4 is 10.6 Å².